The third-order valence-electron chi connectivity index (χ3n) is 10.7. The smallest absolute Gasteiger partial charge is 0.274 e. The van der Waals surface area contributed by atoms with Gasteiger partial charge in [0, 0.05) is 47.8 Å². The molecule has 2 aromatic rings. The first-order valence-electron chi connectivity index (χ1n) is 18.7. The number of hydrogen-bond donors (Lipinski definition) is 3. The van der Waals surface area contributed by atoms with E-state index in [1.165, 1.54) is 32.3 Å². The van der Waals surface area contributed by atoms with E-state index in [0.717, 1.165) is 5.56 Å². The van der Waals surface area contributed by atoms with Crippen molar-refractivity contribution >= 4 is 69.3 Å². The number of carbonyl (C=O) groups is 6. The Morgan fingerprint density at radius 2 is 1.35 bits per heavy atom. The molecule has 2 bridgehead atoms. The van der Waals surface area contributed by atoms with Crippen LogP contribution in [0.25, 0.3) is 0 Å². The van der Waals surface area contributed by atoms with Gasteiger partial charge in [-0.15, -0.1) is 11.3 Å². The first kappa shape index (κ1) is 39.9. The molecule has 0 saturated carbocycles. The fourth-order valence-corrected chi connectivity index (χ4v) is 9.74. The van der Waals surface area contributed by atoms with Crippen LogP contribution in [0.5, 0.6) is 0 Å². The highest BCUT2D eigenvalue weighted by Crippen LogP contribution is 2.29. The molecule has 1 aromatic carbocycles. The van der Waals surface area contributed by atoms with Crippen LogP contribution in [0, 0.1) is 0 Å². The van der Waals surface area contributed by atoms with Crippen LogP contribution in [0.3, 0.4) is 0 Å². The Morgan fingerprint density at radius 1 is 0.759 bits per heavy atom. The molecular weight excluding hydrogens is 751 g/mol. The second-order valence-corrected chi connectivity index (χ2v) is 17.8. The standard InChI is InChI=1S/C37H49N7O7S3/c1-52-19-14-24-31(45)40-26(21-23-9-4-3-5-10-23)34-41-27(22-53-34)36(49)42-16-6-11-28(42)33(47)39-25(15-20-54(2)51)35(48)44-18-8-13-30(44)37(50)43-17-7-12-29(43)32(46)38-24/h3-5,9-10,22,24-26,28-30H,6-8,11-21H2,1-2H3,(H,38,46)(H,39,47)(H,40,45)/t24-,25-,26?,28-,29-,30-,54?/m0/s1. The Labute approximate surface area is 326 Å². The molecule has 1 aromatic heterocycles. The lowest BCUT2D eigenvalue weighted by Crippen LogP contribution is -2.58. The zero-order valence-electron chi connectivity index (χ0n) is 30.7. The lowest BCUT2D eigenvalue weighted by Gasteiger charge is -2.34. The van der Waals surface area contributed by atoms with Gasteiger partial charge in [-0.25, -0.2) is 4.98 Å². The molecule has 2 unspecified atom stereocenters. The summed E-state index contributed by atoms with van der Waals surface area (Å²) in [6.07, 6.45) is 7.22. The van der Waals surface area contributed by atoms with Crippen LogP contribution in [0.4, 0.5) is 0 Å². The zero-order valence-corrected chi connectivity index (χ0v) is 33.1. The first-order chi connectivity index (χ1) is 26.0. The predicted molar refractivity (Wildman–Crippen MR) is 207 cm³/mol. The Hall–Kier alpha value is -3.83. The van der Waals surface area contributed by atoms with Gasteiger partial charge in [-0.05, 0) is 75.4 Å². The highest BCUT2D eigenvalue weighted by Gasteiger charge is 2.45. The second-order valence-electron chi connectivity index (χ2n) is 14.3. The van der Waals surface area contributed by atoms with Gasteiger partial charge in [-0.2, -0.15) is 11.8 Å². The number of thioether (sulfide) groups is 1. The van der Waals surface area contributed by atoms with Crippen LogP contribution in [-0.2, 0) is 41.2 Å². The van der Waals surface area contributed by atoms with Crippen molar-refractivity contribution in [1.82, 2.24) is 35.6 Å². The number of nitrogens with one attached hydrogen (secondary N) is 3. The minimum Gasteiger partial charge on any atom is -0.345 e. The minimum atomic E-state index is -1.25. The topological polar surface area (TPSA) is 178 Å². The number of thiazole rings is 1. The third-order valence-corrected chi connectivity index (χ3v) is 13.1. The lowest BCUT2D eigenvalue weighted by molar-refractivity contribution is -0.148. The van der Waals surface area contributed by atoms with E-state index in [9.17, 15) is 33.0 Å². The largest absolute Gasteiger partial charge is 0.345 e. The zero-order chi connectivity index (χ0) is 38.4. The van der Waals surface area contributed by atoms with Crippen molar-refractivity contribution in [2.75, 3.05) is 43.7 Å². The van der Waals surface area contributed by atoms with Crippen LogP contribution < -0.4 is 16.0 Å². The van der Waals surface area contributed by atoms with Gasteiger partial charge in [-0.1, -0.05) is 30.3 Å². The number of amides is 6. The van der Waals surface area contributed by atoms with Gasteiger partial charge in [-0.3, -0.25) is 33.0 Å². The van der Waals surface area contributed by atoms with Gasteiger partial charge in [0.15, 0.2) is 0 Å². The number of rotatable bonds is 8. The highest BCUT2D eigenvalue weighted by atomic mass is 32.2. The first-order valence-corrected chi connectivity index (χ1v) is 22.7. The number of aromatic nitrogens is 1. The SMILES string of the molecule is CSCC[C@@H]1NC(=O)[C@@H]2CCCN2C(=O)[C@@H]2CCCN2C(=O)[C@H](CCS(C)=O)NC(=O)[C@@H]2CCCN2C(=O)c2csc(n2)C(Cc2ccccc2)NC1=O. The molecule has 3 N–H and O–H groups in total. The summed E-state index contributed by atoms with van der Waals surface area (Å²) in [5.41, 5.74) is 1.09. The van der Waals surface area contributed by atoms with Crippen LogP contribution in [0.1, 0.15) is 78.5 Å². The quantitative estimate of drug-likeness (QED) is 0.358. The molecule has 54 heavy (non-hydrogen) atoms. The minimum absolute atomic E-state index is 0.0945. The van der Waals surface area contributed by atoms with Crippen molar-refractivity contribution in [1.29, 1.82) is 0 Å². The molecule has 0 aliphatic carbocycles. The van der Waals surface area contributed by atoms with E-state index in [4.69, 9.17) is 4.98 Å². The van der Waals surface area contributed by atoms with Crippen molar-refractivity contribution in [3.63, 3.8) is 0 Å². The highest BCUT2D eigenvalue weighted by molar-refractivity contribution is 7.98. The fraction of sp³-hybridized carbons (Fsp3) is 0.595. The molecule has 4 aliphatic heterocycles. The Bertz CT molecular complexity index is 1740. The van der Waals surface area contributed by atoms with Crippen LogP contribution in [-0.4, -0.2) is 133 Å². The number of nitrogens with zero attached hydrogens (tertiary/aromatic N) is 4. The number of benzene rings is 1. The Balaban J connectivity index is 1.37. The van der Waals surface area contributed by atoms with Gasteiger partial charge >= 0.3 is 0 Å². The molecular formula is C37H49N7O7S3. The Kier molecular flexibility index (Phi) is 13.4. The number of carbonyl (C=O) groups excluding carboxylic acids is 6. The summed E-state index contributed by atoms with van der Waals surface area (Å²) in [4.78, 5) is 93.6. The number of hydrogen-bond acceptors (Lipinski definition) is 10. The average Bonchev–Trinajstić information content (AvgIpc) is 4.00. The van der Waals surface area contributed by atoms with Crippen molar-refractivity contribution in [3.05, 3.63) is 52.0 Å². The van der Waals surface area contributed by atoms with E-state index in [-0.39, 0.29) is 23.8 Å². The molecule has 6 rings (SSSR count). The van der Waals surface area contributed by atoms with Gasteiger partial charge in [0.25, 0.3) is 5.91 Å². The summed E-state index contributed by atoms with van der Waals surface area (Å²) < 4.78 is 12.2. The summed E-state index contributed by atoms with van der Waals surface area (Å²) >= 11 is 2.78. The fourth-order valence-electron chi connectivity index (χ4n) is 7.86. The molecule has 17 heteroatoms. The van der Waals surface area contributed by atoms with Crippen molar-refractivity contribution < 1.29 is 33.0 Å². The molecule has 3 saturated heterocycles. The third kappa shape index (κ3) is 9.16. The molecule has 0 spiro atoms. The van der Waals surface area contributed by atoms with E-state index in [2.05, 4.69) is 16.0 Å². The van der Waals surface area contributed by atoms with E-state index in [1.807, 2.05) is 36.6 Å². The number of fused-ring (bicyclic) bond motifs is 5. The molecule has 3 fully saturated rings. The Morgan fingerprint density at radius 3 is 2.02 bits per heavy atom. The summed E-state index contributed by atoms with van der Waals surface area (Å²) in [6.45, 7) is 0.952. The van der Waals surface area contributed by atoms with Crippen LogP contribution in [0.15, 0.2) is 35.7 Å². The summed E-state index contributed by atoms with van der Waals surface area (Å²) in [6, 6.07) is 4.53. The lowest BCUT2D eigenvalue weighted by atomic mass is 10.1. The molecule has 5 heterocycles. The summed E-state index contributed by atoms with van der Waals surface area (Å²) in [5.74, 6) is -1.79. The second kappa shape index (κ2) is 18.2. The van der Waals surface area contributed by atoms with Crippen molar-refractivity contribution in [2.24, 2.45) is 0 Å². The maximum Gasteiger partial charge on any atom is 0.274 e. The van der Waals surface area contributed by atoms with Gasteiger partial charge < -0.3 is 30.7 Å². The monoisotopic (exact) mass is 799 g/mol. The van der Waals surface area contributed by atoms with E-state index in [1.54, 1.807) is 17.1 Å². The van der Waals surface area contributed by atoms with E-state index in [0.29, 0.717) is 81.8 Å². The maximum atomic E-state index is 14.2. The molecule has 6 amide bonds. The predicted octanol–water partition coefficient (Wildman–Crippen LogP) is 1.63. The van der Waals surface area contributed by atoms with Crippen molar-refractivity contribution in [3.8, 4) is 0 Å². The maximum absolute atomic E-state index is 14.2. The molecule has 0 radical (unpaired) electrons. The molecule has 4 aliphatic rings. The average molecular weight is 800 g/mol. The van der Waals surface area contributed by atoms with E-state index < -0.39 is 76.6 Å². The van der Waals surface area contributed by atoms with Gasteiger partial charge in [0.05, 0.1) is 6.04 Å². The van der Waals surface area contributed by atoms with Gasteiger partial charge in [0.2, 0.25) is 29.5 Å². The van der Waals surface area contributed by atoms with E-state index >= 15 is 0 Å². The van der Waals surface area contributed by atoms with Crippen LogP contribution >= 0.6 is 23.1 Å². The molecule has 14 nitrogen and oxygen atoms in total. The summed E-state index contributed by atoms with van der Waals surface area (Å²) in [7, 11) is -1.25. The normalized spacial score (nSPS) is 27.8. The molecule has 292 valence electrons. The summed E-state index contributed by atoms with van der Waals surface area (Å²) in [5, 5.41) is 11.1. The van der Waals surface area contributed by atoms with Crippen LogP contribution in [0.2, 0.25) is 0 Å². The van der Waals surface area contributed by atoms with Crippen molar-refractivity contribution in [2.45, 2.75) is 94.0 Å². The molecule has 7 atom stereocenters. The van der Waals surface area contributed by atoms with Gasteiger partial charge in [0.1, 0.15) is 40.9 Å².